The van der Waals surface area contributed by atoms with Gasteiger partial charge >= 0.3 is 5.97 Å². The average molecular weight is 305 g/mol. The second-order valence-corrected chi connectivity index (χ2v) is 7.23. The summed E-state index contributed by atoms with van der Waals surface area (Å²) in [6.45, 7) is 2.93. The molecule has 0 spiro atoms. The third-order valence-corrected chi connectivity index (χ3v) is 5.71. The van der Waals surface area contributed by atoms with E-state index in [0.717, 1.165) is 24.5 Å². The van der Waals surface area contributed by atoms with Crippen molar-refractivity contribution in [2.75, 3.05) is 6.54 Å². The Morgan fingerprint density at radius 2 is 2.18 bits per heavy atom. The molecule has 1 heterocycles. The first-order chi connectivity index (χ1) is 10.6. The molecule has 0 aliphatic heterocycles. The summed E-state index contributed by atoms with van der Waals surface area (Å²) in [4.78, 5) is 16.3. The maximum absolute atomic E-state index is 11.8. The average Bonchev–Trinajstić information content (AvgIpc) is 3.04. The Hall–Kier alpha value is -1.36. The molecule has 0 radical (unpaired) electrons. The van der Waals surface area contributed by atoms with Gasteiger partial charge in [0.1, 0.15) is 5.41 Å². The van der Waals surface area contributed by atoms with Gasteiger partial charge in [-0.2, -0.15) is 0 Å². The zero-order valence-corrected chi connectivity index (χ0v) is 13.4. The standard InChI is InChI=1S/C17H27N3O2/c1-12-4-6-14(7-5-12)20-10-15(19-11-20)17(16(21)22)9-13(17)3-2-8-18/h10-14H,2-9,18H2,1H3,(H,21,22)/t12-,13-,14-,17+/m0/s1. The monoisotopic (exact) mass is 305 g/mol. The molecule has 2 aliphatic carbocycles. The fraction of sp³-hybridized carbons (Fsp3) is 0.765. The highest BCUT2D eigenvalue weighted by atomic mass is 16.4. The Morgan fingerprint density at radius 3 is 2.82 bits per heavy atom. The van der Waals surface area contributed by atoms with E-state index in [1.165, 1.54) is 25.7 Å². The molecule has 22 heavy (non-hydrogen) atoms. The number of hydrogen-bond donors (Lipinski definition) is 2. The number of carboxylic acids is 1. The minimum absolute atomic E-state index is 0.197. The zero-order chi connectivity index (χ0) is 15.7. The lowest BCUT2D eigenvalue weighted by atomic mass is 9.87. The first-order valence-corrected chi connectivity index (χ1v) is 8.55. The number of hydrogen-bond acceptors (Lipinski definition) is 3. The predicted molar refractivity (Wildman–Crippen MR) is 84.6 cm³/mol. The fourth-order valence-corrected chi connectivity index (χ4v) is 4.04. The van der Waals surface area contributed by atoms with Gasteiger partial charge in [-0.05, 0) is 63.3 Å². The molecular formula is C17H27N3O2. The van der Waals surface area contributed by atoms with E-state index in [9.17, 15) is 9.90 Å². The van der Waals surface area contributed by atoms with Crippen molar-refractivity contribution in [3.63, 3.8) is 0 Å². The van der Waals surface area contributed by atoms with Crippen LogP contribution >= 0.6 is 0 Å². The summed E-state index contributed by atoms with van der Waals surface area (Å²) in [6.07, 6.45) is 11.2. The first-order valence-electron chi connectivity index (χ1n) is 8.55. The van der Waals surface area contributed by atoms with E-state index >= 15 is 0 Å². The molecule has 1 aromatic rings. The van der Waals surface area contributed by atoms with Gasteiger partial charge in [-0.3, -0.25) is 4.79 Å². The van der Waals surface area contributed by atoms with Gasteiger partial charge in [0.05, 0.1) is 12.0 Å². The van der Waals surface area contributed by atoms with Gasteiger partial charge < -0.3 is 15.4 Å². The summed E-state index contributed by atoms with van der Waals surface area (Å²) >= 11 is 0. The van der Waals surface area contributed by atoms with Gasteiger partial charge in [-0.1, -0.05) is 6.92 Å². The molecular weight excluding hydrogens is 278 g/mol. The van der Waals surface area contributed by atoms with Crippen LogP contribution in [0.5, 0.6) is 0 Å². The Labute approximate surface area is 131 Å². The van der Waals surface area contributed by atoms with Crippen LogP contribution in [-0.2, 0) is 10.2 Å². The van der Waals surface area contributed by atoms with Crippen LogP contribution in [0.1, 0.15) is 63.6 Å². The number of rotatable bonds is 6. The van der Waals surface area contributed by atoms with Crippen LogP contribution in [0.15, 0.2) is 12.5 Å². The second-order valence-electron chi connectivity index (χ2n) is 7.23. The van der Waals surface area contributed by atoms with Crippen LogP contribution in [0.4, 0.5) is 0 Å². The fourth-order valence-electron chi connectivity index (χ4n) is 4.04. The molecule has 2 aliphatic rings. The molecule has 3 rings (SSSR count). The molecule has 3 N–H and O–H groups in total. The molecule has 0 unspecified atom stereocenters. The Morgan fingerprint density at radius 1 is 1.45 bits per heavy atom. The Kier molecular flexibility index (Phi) is 4.26. The minimum atomic E-state index is -0.748. The van der Waals surface area contributed by atoms with Gasteiger partial charge in [0, 0.05) is 12.2 Å². The molecule has 1 aromatic heterocycles. The number of aliphatic carboxylic acids is 1. The Balaban J connectivity index is 1.73. The molecule has 0 bridgehead atoms. The van der Waals surface area contributed by atoms with Crippen LogP contribution < -0.4 is 5.73 Å². The summed E-state index contributed by atoms with van der Waals surface area (Å²) < 4.78 is 2.16. The lowest BCUT2D eigenvalue weighted by molar-refractivity contribution is -0.140. The van der Waals surface area contributed by atoms with E-state index in [0.29, 0.717) is 19.0 Å². The number of imidazole rings is 1. The molecule has 122 valence electrons. The topological polar surface area (TPSA) is 81.1 Å². The molecule has 5 nitrogen and oxygen atoms in total. The van der Waals surface area contributed by atoms with Crippen LogP contribution in [0, 0.1) is 11.8 Å². The predicted octanol–water partition coefficient (Wildman–Crippen LogP) is 2.72. The van der Waals surface area contributed by atoms with E-state index in [1.54, 1.807) is 0 Å². The van der Waals surface area contributed by atoms with Crippen molar-refractivity contribution in [2.24, 2.45) is 17.6 Å². The van der Waals surface area contributed by atoms with Gasteiger partial charge in [0.15, 0.2) is 0 Å². The highest BCUT2D eigenvalue weighted by Gasteiger charge is 2.62. The van der Waals surface area contributed by atoms with Crippen molar-refractivity contribution in [1.29, 1.82) is 0 Å². The van der Waals surface area contributed by atoms with Crippen molar-refractivity contribution in [2.45, 2.75) is 63.3 Å². The van der Waals surface area contributed by atoms with Crippen LogP contribution in [0.2, 0.25) is 0 Å². The van der Waals surface area contributed by atoms with Crippen LogP contribution in [0.25, 0.3) is 0 Å². The summed E-state index contributed by atoms with van der Waals surface area (Å²) in [7, 11) is 0. The lowest BCUT2D eigenvalue weighted by Gasteiger charge is -2.27. The molecule has 2 fully saturated rings. The summed E-state index contributed by atoms with van der Waals surface area (Å²) in [5.41, 5.74) is 5.56. The van der Waals surface area contributed by atoms with E-state index < -0.39 is 11.4 Å². The third kappa shape index (κ3) is 2.67. The normalized spacial score (nSPS) is 34.5. The number of aromatic nitrogens is 2. The summed E-state index contributed by atoms with van der Waals surface area (Å²) in [6, 6.07) is 0.490. The van der Waals surface area contributed by atoms with Crippen molar-refractivity contribution >= 4 is 5.97 Å². The zero-order valence-electron chi connectivity index (χ0n) is 13.4. The highest BCUT2D eigenvalue weighted by Crippen LogP contribution is 2.56. The largest absolute Gasteiger partial charge is 0.481 e. The minimum Gasteiger partial charge on any atom is -0.481 e. The van der Waals surface area contributed by atoms with Crippen molar-refractivity contribution in [3.05, 3.63) is 18.2 Å². The number of nitrogens with zero attached hydrogens (tertiary/aromatic N) is 2. The number of carboxylic acid groups (broad SMARTS) is 1. The van der Waals surface area contributed by atoms with Crippen LogP contribution in [0.3, 0.4) is 0 Å². The van der Waals surface area contributed by atoms with Crippen molar-refractivity contribution in [3.8, 4) is 0 Å². The Bertz CT molecular complexity index is 534. The van der Waals surface area contributed by atoms with Crippen LogP contribution in [-0.4, -0.2) is 27.2 Å². The SMILES string of the molecule is C[C@H]1CC[C@H](n2cnc([C@@]3(C(=O)O)C[C@@H]3CCCN)c2)CC1. The van der Waals surface area contributed by atoms with Crippen molar-refractivity contribution < 1.29 is 9.90 Å². The first kappa shape index (κ1) is 15.5. The maximum atomic E-state index is 11.8. The van der Waals surface area contributed by atoms with Gasteiger partial charge in [-0.15, -0.1) is 0 Å². The number of nitrogens with two attached hydrogens (primary N) is 1. The summed E-state index contributed by atoms with van der Waals surface area (Å²) in [5.74, 6) is 0.286. The van der Waals surface area contributed by atoms with Gasteiger partial charge in [0.25, 0.3) is 0 Å². The molecule has 0 aromatic carbocycles. The van der Waals surface area contributed by atoms with E-state index in [2.05, 4.69) is 16.5 Å². The van der Waals surface area contributed by atoms with E-state index in [1.807, 2.05) is 12.5 Å². The number of carbonyl (C=O) groups is 1. The highest BCUT2D eigenvalue weighted by molar-refractivity contribution is 5.85. The van der Waals surface area contributed by atoms with Crippen molar-refractivity contribution in [1.82, 2.24) is 9.55 Å². The molecule has 5 heteroatoms. The molecule has 2 saturated carbocycles. The van der Waals surface area contributed by atoms with Gasteiger partial charge in [-0.25, -0.2) is 4.98 Å². The lowest BCUT2D eigenvalue weighted by Crippen LogP contribution is -2.23. The second kappa shape index (κ2) is 6.03. The third-order valence-electron chi connectivity index (χ3n) is 5.71. The molecule has 0 saturated heterocycles. The molecule has 2 atom stereocenters. The maximum Gasteiger partial charge on any atom is 0.316 e. The smallest absolute Gasteiger partial charge is 0.316 e. The van der Waals surface area contributed by atoms with E-state index in [4.69, 9.17) is 5.73 Å². The van der Waals surface area contributed by atoms with E-state index in [-0.39, 0.29) is 5.92 Å². The molecule has 0 amide bonds. The van der Waals surface area contributed by atoms with Gasteiger partial charge in [0.2, 0.25) is 0 Å². The summed E-state index contributed by atoms with van der Waals surface area (Å²) in [5, 5.41) is 9.70. The quantitative estimate of drug-likeness (QED) is 0.846.